The lowest BCUT2D eigenvalue weighted by Gasteiger charge is -2.54. The van der Waals surface area contributed by atoms with Crippen LogP contribution in [0.15, 0.2) is 23.0 Å². The topological polar surface area (TPSA) is 0 Å². The van der Waals surface area contributed by atoms with E-state index < -0.39 is 0 Å². The normalized spacial score (nSPS) is 48.0. The van der Waals surface area contributed by atoms with Crippen molar-refractivity contribution in [2.75, 3.05) is 0 Å². The molecule has 0 N–H and O–H groups in total. The van der Waals surface area contributed by atoms with E-state index in [1.165, 1.54) is 56.9 Å². The third-order valence-corrected chi connectivity index (χ3v) is 7.59. The highest BCUT2D eigenvalue weighted by atomic mass is 19.1. The Morgan fingerprint density at radius 3 is 2.81 bits per heavy atom. The van der Waals surface area contributed by atoms with Crippen LogP contribution in [0.3, 0.4) is 0 Å². The van der Waals surface area contributed by atoms with Gasteiger partial charge in [-0.15, -0.1) is 0 Å². The van der Waals surface area contributed by atoms with Gasteiger partial charge in [-0.25, -0.2) is 4.39 Å². The summed E-state index contributed by atoms with van der Waals surface area (Å²) in [5, 5.41) is 0. The molecule has 5 atom stereocenters. The molecule has 0 aliphatic heterocycles. The van der Waals surface area contributed by atoms with Crippen LogP contribution in [0.1, 0.15) is 71.6 Å². The van der Waals surface area contributed by atoms with Gasteiger partial charge < -0.3 is 0 Å². The van der Waals surface area contributed by atoms with E-state index in [-0.39, 0.29) is 5.83 Å². The second-order valence-corrected chi connectivity index (χ2v) is 8.31. The Morgan fingerprint density at radius 1 is 1.14 bits per heavy atom. The number of halogens is 1. The molecule has 1 heteroatoms. The Morgan fingerprint density at radius 2 is 2.00 bits per heavy atom. The van der Waals surface area contributed by atoms with Gasteiger partial charge in [-0.3, -0.25) is 0 Å². The van der Waals surface area contributed by atoms with Crippen molar-refractivity contribution < 1.29 is 4.39 Å². The summed E-state index contributed by atoms with van der Waals surface area (Å²) >= 11 is 0. The lowest BCUT2D eigenvalue weighted by molar-refractivity contribution is 0.0193. The van der Waals surface area contributed by atoms with Crippen LogP contribution in [0.2, 0.25) is 0 Å². The third kappa shape index (κ3) is 1.99. The summed E-state index contributed by atoms with van der Waals surface area (Å²) in [6, 6.07) is 0. The van der Waals surface area contributed by atoms with Gasteiger partial charge in [0.05, 0.1) is 5.83 Å². The van der Waals surface area contributed by atoms with E-state index in [2.05, 4.69) is 13.0 Å². The van der Waals surface area contributed by atoms with E-state index in [9.17, 15) is 4.39 Å². The Bertz CT molecular complexity index is 496. The first-order valence-corrected chi connectivity index (χ1v) is 9.16. The third-order valence-electron chi connectivity index (χ3n) is 7.59. The summed E-state index contributed by atoms with van der Waals surface area (Å²) in [5.41, 5.74) is 3.45. The molecule has 4 aliphatic carbocycles. The quantitative estimate of drug-likeness (QED) is 0.466. The maximum atomic E-state index is 13.8. The Balaban J connectivity index is 1.66. The van der Waals surface area contributed by atoms with Gasteiger partial charge in [-0.2, -0.15) is 0 Å². The molecular formula is C20H29F. The van der Waals surface area contributed by atoms with E-state index in [1.54, 1.807) is 12.5 Å². The van der Waals surface area contributed by atoms with Gasteiger partial charge >= 0.3 is 0 Å². The van der Waals surface area contributed by atoms with Crippen LogP contribution in [0.5, 0.6) is 0 Å². The molecule has 4 aliphatic rings. The summed E-state index contributed by atoms with van der Waals surface area (Å²) < 4.78 is 13.8. The molecule has 0 aromatic heterocycles. The minimum Gasteiger partial charge on any atom is -0.212 e. The lowest BCUT2D eigenvalue weighted by Crippen LogP contribution is -2.45. The molecule has 4 rings (SSSR count). The maximum absolute atomic E-state index is 13.8. The van der Waals surface area contributed by atoms with Crippen LogP contribution in [-0.2, 0) is 0 Å². The Hall–Kier alpha value is -0.590. The van der Waals surface area contributed by atoms with Gasteiger partial charge in [0.1, 0.15) is 0 Å². The smallest absolute Gasteiger partial charge is 0.0963 e. The monoisotopic (exact) mass is 288 g/mol. The SMILES string of the molecule is C/C(F)=C1\CCC2C1CCC1C2CC=C2CCCCC21C. The van der Waals surface area contributed by atoms with Crippen molar-refractivity contribution in [1.82, 2.24) is 0 Å². The van der Waals surface area contributed by atoms with Crippen molar-refractivity contribution in [2.24, 2.45) is 29.1 Å². The van der Waals surface area contributed by atoms with Gasteiger partial charge in [-0.05, 0) is 93.0 Å². The molecule has 0 saturated heterocycles. The average molecular weight is 288 g/mol. The molecule has 0 aromatic carbocycles. The molecule has 0 nitrogen and oxygen atoms in total. The van der Waals surface area contributed by atoms with Gasteiger partial charge in [-0.1, -0.05) is 25.0 Å². The summed E-state index contributed by atoms with van der Waals surface area (Å²) in [6.07, 6.45) is 14.4. The molecule has 0 radical (unpaired) electrons. The minimum atomic E-state index is 0.136. The number of hydrogen-bond acceptors (Lipinski definition) is 0. The standard InChI is InChI=1S/C20H29F/c1-13(21)15-8-9-17-16(15)10-11-19-18(17)7-6-14-5-3-4-12-20(14,19)2/h6,16-19H,3-5,7-12H2,1-2H3/b15-13-. The number of rotatable bonds is 0. The molecule has 3 saturated carbocycles. The largest absolute Gasteiger partial charge is 0.212 e. The first-order chi connectivity index (χ1) is 10.1. The number of hydrogen-bond donors (Lipinski definition) is 0. The van der Waals surface area contributed by atoms with Crippen molar-refractivity contribution in [2.45, 2.75) is 71.6 Å². The second kappa shape index (κ2) is 4.96. The molecule has 0 spiro atoms. The van der Waals surface area contributed by atoms with Crippen LogP contribution in [0.25, 0.3) is 0 Å². The Kier molecular flexibility index (Phi) is 3.32. The molecule has 21 heavy (non-hydrogen) atoms. The summed E-state index contributed by atoms with van der Waals surface area (Å²) in [6.45, 7) is 4.24. The van der Waals surface area contributed by atoms with Gasteiger partial charge in [0.25, 0.3) is 0 Å². The molecule has 0 aromatic rings. The zero-order chi connectivity index (χ0) is 14.6. The zero-order valence-electron chi connectivity index (χ0n) is 13.6. The van der Waals surface area contributed by atoms with Crippen LogP contribution in [-0.4, -0.2) is 0 Å². The second-order valence-electron chi connectivity index (χ2n) is 8.31. The summed E-state index contributed by atoms with van der Waals surface area (Å²) in [5.74, 6) is 3.22. The highest BCUT2D eigenvalue weighted by Crippen LogP contribution is 2.62. The molecule has 0 bridgehead atoms. The van der Waals surface area contributed by atoms with Crippen molar-refractivity contribution in [3.05, 3.63) is 23.0 Å². The minimum absolute atomic E-state index is 0.136. The van der Waals surface area contributed by atoms with Crippen LogP contribution < -0.4 is 0 Å². The zero-order valence-corrected chi connectivity index (χ0v) is 13.6. The van der Waals surface area contributed by atoms with Crippen molar-refractivity contribution in [3.63, 3.8) is 0 Å². The van der Waals surface area contributed by atoms with Crippen LogP contribution in [0.4, 0.5) is 4.39 Å². The molecule has 0 heterocycles. The van der Waals surface area contributed by atoms with E-state index >= 15 is 0 Å². The van der Waals surface area contributed by atoms with Crippen molar-refractivity contribution in [3.8, 4) is 0 Å². The molecular weight excluding hydrogens is 259 g/mol. The van der Waals surface area contributed by atoms with E-state index in [0.717, 1.165) is 24.2 Å². The fourth-order valence-corrected chi connectivity index (χ4v) is 6.59. The highest BCUT2D eigenvalue weighted by Gasteiger charge is 2.52. The molecule has 0 amide bonds. The van der Waals surface area contributed by atoms with E-state index in [0.29, 0.717) is 11.3 Å². The predicted molar refractivity (Wildman–Crippen MR) is 85.5 cm³/mol. The maximum Gasteiger partial charge on any atom is 0.0963 e. The first-order valence-electron chi connectivity index (χ1n) is 9.16. The van der Waals surface area contributed by atoms with Crippen LogP contribution in [0, 0.1) is 29.1 Å². The predicted octanol–water partition coefficient (Wildman–Crippen LogP) is 6.19. The average Bonchev–Trinajstić information content (AvgIpc) is 2.90. The summed E-state index contributed by atoms with van der Waals surface area (Å²) in [7, 11) is 0. The van der Waals surface area contributed by atoms with Crippen molar-refractivity contribution in [1.29, 1.82) is 0 Å². The molecule has 3 fully saturated rings. The van der Waals surface area contributed by atoms with Gasteiger partial charge in [0.2, 0.25) is 0 Å². The Labute approximate surface area is 128 Å². The highest BCUT2D eigenvalue weighted by molar-refractivity contribution is 5.26. The number of fused-ring (bicyclic) bond motifs is 5. The fourth-order valence-electron chi connectivity index (χ4n) is 6.59. The summed E-state index contributed by atoms with van der Waals surface area (Å²) in [4.78, 5) is 0. The fraction of sp³-hybridized carbons (Fsp3) is 0.800. The van der Waals surface area contributed by atoms with E-state index in [4.69, 9.17) is 0 Å². The van der Waals surface area contributed by atoms with Crippen LogP contribution >= 0.6 is 0 Å². The lowest BCUT2D eigenvalue weighted by atomic mass is 9.50. The van der Waals surface area contributed by atoms with E-state index in [1.807, 2.05) is 0 Å². The van der Waals surface area contributed by atoms with Gasteiger partial charge in [0, 0.05) is 0 Å². The first kappa shape index (κ1) is 14.0. The number of allylic oxidation sites excluding steroid dienone is 4. The molecule has 116 valence electrons. The van der Waals surface area contributed by atoms with Gasteiger partial charge in [0.15, 0.2) is 0 Å². The van der Waals surface area contributed by atoms with Crippen molar-refractivity contribution >= 4 is 0 Å². The molecule has 5 unspecified atom stereocenters.